The van der Waals surface area contributed by atoms with Crippen molar-refractivity contribution in [3.63, 3.8) is 0 Å². The Balaban J connectivity index is 2.70. The fourth-order valence-electron chi connectivity index (χ4n) is 1.17. The second-order valence-electron chi connectivity index (χ2n) is 3.06. The third-order valence-corrected chi connectivity index (χ3v) is 2.70. The molecule has 0 saturated heterocycles. The molecule has 0 aromatic heterocycles. The summed E-state index contributed by atoms with van der Waals surface area (Å²) in [6, 6.07) is 5.03. The lowest BCUT2D eigenvalue weighted by Gasteiger charge is -2.10. The van der Waals surface area contributed by atoms with Gasteiger partial charge in [0, 0.05) is 6.61 Å². The van der Waals surface area contributed by atoms with Crippen molar-refractivity contribution in [3.8, 4) is 0 Å². The maximum atomic E-state index is 9.65. The number of hydrogen-bond acceptors (Lipinski definition) is 2. The Bertz CT molecular complexity index is 302. The van der Waals surface area contributed by atoms with Gasteiger partial charge in [-0.2, -0.15) is 0 Å². The van der Waals surface area contributed by atoms with E-state index in [1.54, 1.807) is 18.2 Å². The van der Waals surface area contributed by atoms with Gasteiger partial charge in [0.25, 0.3) is 0 Å². The standard InChI is InChI=1S/C10H12Cl2O2/c11-8-4-3-7(6-9(8)12)10(14)2-1-5-13/h3-4,6,10,13-14H,1-2,5H2/t10-/m0/s1. The summed E-state index contributed by atoms with van der Waals surface area (Å²) in [5.74, 6) is 0. The van der Waals surface area contributed by atoms with Gasteiger partial charge in [-0.05, 0) is 30.5 Å². The molecule has 14 heavy (non-hydrogen) atoms. The number of rotatable bonds is 4. The van der Waals surface area contributed by atoms with Crippen LogP contribution >= 0.6 is 23.2 Å². The number of aliphatic hydroxyl groups is 2. The summed E-state index contributed by atoms with van der Waals surface area (Å²) >= 11 is 11.5. The molecule has 0 aliphatic heterocycles. The van der Waals surface area contributed by atoms with E-state index in [1.165, 1.54) is 0 Å². The molecular formula is C10H12Cl2O2. The molecule has 0 radical (unpaired) electrons. The molecule has 1 aromatic rings. The Morgan fingerprint density at radius 2 is 1.93 bits per heavy atom. The van der Waals surface area contributed by atoms with Crippen LogP contribution in [-0.4, -0.2) is 16.8 Å². The van der Waals surface area contributed by atoms with E-state index in [2.05, 4.69) is 0 Å². The van der Waals surface area contributed by atoms with E-state index < -0.39 is 6.10 Å². The zero-order valence-electron chi connectivity index (χ0n) is 7.58. The zero-order valence-corrected chi connectivity index (χ0v) is 9.09. The van der Waals surface area contributed by atoms with Crippen LogP contribution in [0.5, 0.6) is 0 Å². The lowest BCUT2D eigenvalue weighted by molar-refractivity contribution is 0.152. The molecule has 2 nitrogen and oxygen atoms in total. The average Bonchev–Trinajstić information content (AvgIpc) is 2.18. The average molecular weight is 235 g/mol. The van der Waals surface area contributed by atoms with E-state index in [-0.39, 0.29) is 6.61 Å². The van der Waals surface area contributed by atoms with Crippen LogP contribution in [0.3, 0.4) is 0 Å². The molecule has 78 valence electrons. The van der Waals surface area contributed by atoms with Crippen LogP contribution in [0, 0.1) is 0 Å². The van der Waals surface area contributed by atoms with Gasteiger partial charge in [0.2, 0.25) is 0 Å². The van der Waals surface area contributed by atoms with Gasteiger partial charge in [-0.25, -0.2) is 0 Å². The monoisotopic (exact) mass is 234 g/mol. The van der Waals surface area contributed by atoms with Gasteiger partial charge >= 0.3 is 0 Å². The van der Waals surface area contributed by atoms with Gasteiger partial charge in [-0.15, -0.1) is 0 Å². The number of aliphatic hydroxyl groups excluding tert-OH is 2. The van der Waals surface area contributed by atoms with E-state index in [0.717, 1.165) is 5.56 Å². The molecule has 0 unspecified atom stereocenters. The Morgan fingerprint density at radius 3 is 2.50 bits per heavy atom. The van der Waals surface area contributed by atoms with E-state index in [9.17, 15) is 5.11 Å². The highest BCUT2D eigenvalue weighted by atomic mass is 35.5. The second kappa shape index (κ2) is 5.56. The molecule has 0 heterocycles. The minimum atomic E-state index is -0.586. The lowest BCUT2D eigenvalue weighted by Crippen LogP contribution is -1.98. The SMILES string of the molecule is OCCC[C@H](O)c1ccc(Cl)c(Cl)c1. The van der Waals surface area contributed by atoms with Crippen molar-refractivity contribution in [1.82, 2.24) is 0 Å². The zero-order chi connectivity index (χ0) is 10.6. The van der Waals surface area contributed by atoms with Crippen LogP contribution in [0.15, 0.2) is 18.2 Å². The first-order valence-electron chi connectivity index (χ1n) is 4.39. The summed E-state index contributed by atoms with van der Waals surface area (Å²) in [6.07, 6.45) is 0.507. The fourth-order valence-corrected chi connectivity index (χ4v) is 1.48. The van der Waals surface area contributed by atoms with E-state index in [0.29, 0.717) is 22.9 Å². The molecular weight excluding hydrogens is 223 g/mol. The molecule has 4 heteroatoms. The van der Waals surface area contributed by atoms with Gasteiger partial charge in [-0.1, -0.05) is 29.3 Å². The molecule has 0 aliphatic rings. The van der Waals surface area contributed by atoms with Crippen LogP contribution in [-0.2, 0) is 0 Å². The molecule has 0 fully saturated rings. The summed E-state index contributed by atoms with van der Waals surface area (Å²) in [7, 11) is 0. The quantitative estimate of drug-likeness (QED) is 0.842. The first-order chi connectivity index (χ1) is 6.65. The van der Waals surface area contributed by atoms with Crippen molar-refractivity contribution >= 4 is 23.2 Å². The van der Waals surface area contributed by atoms with Crippen LogP contribution in [0.25, 0.3) is 0 Å². The number of hydrogen-bond donors (Lipinski definition) is 2. The summed E-state index contributed by atoms with van der Waals surface area (Å²) in [4.78, 5) is 0. The van der Waals surface area contributed by atoms with Crippen LogP contribution in [0.4, 0.5) is 0 Å². The van der Waals surface area contributed by atoms with Gasteiger partial charge in [-0.3, -0.25) is 0 Å². The van der Waals surface area contributed by atoms with Crippen molar-refractivity contribution in [3.05, 3.63) is 33.8 Å². The Hall–Kier alpha value is -0.280. The van der Waals surface area contributed by atoms with Gasteiger partial charge in [0.05, 0.1) is 16.1 Å². The van der Waals surface area contributed by atoms with Crippen LogP contribution in [0.1, 0.15) is 24.5 Å². The minimum absolute atomic E-state index is 0.0817. The molecule has 1 aromatic carbocycles. The van der Waals surface area contributed by atoms with Crippen LogP contribution < -0.4 is 0 Å². The Kier molecular flexibility index (Phi) is 4.69. The third kappa shape index (κ3) is 3.14. The first-order valence-corrected chi connectivity index (χ1v) is 5.14. The fraction of sp³-hybridized carbons (Fsp3) is 0.400. The van der Waals surface area contributed by atoms with Crippen molar-refractivity contribution in [2.45, 2.75) is 18.9 Å². The van der Waals surface area contributed by atoms with Gasteiger partial charge in [0.1, 0.15) is 0 Å². The van der Waals surface area contributed by atoms with Gasteiger partial charge in [0.15, 0.2) is 0 Å². The maximum absolute atomic E-state index is 9.65. The summed E-state index contributed by atoms with van der Waals surface area (Å²) in [6.45, 7) is 0.0817. The maximum Gasteiger partial charge on any atom is 0.0791 e. The number of benzene rings is 1. The summed E-state index contributed by atoms with van der Waals surface area (Å²) in [5, 5.41) is 19.2. The highest BCUT2D eigenvalue weighted by molar-refractivity contribution is 6.42. The van der Waals surface area contributed by atoms with Gasteiger partial charge < -0.3 is 10.2 Å². The molecule has 0 saturated carbocycles. The van der Waals surface area contributed by atoms with Crippen LogP contribution in [0.2, 0.25) is 10.0 Å². The summed E-state index contributed by atoms with van der Waals surface area (Å²) in [5.41, 5.74) is 0.729. The van der Waals surface area contributed by atoms with Crippen molar-refractivity contribution in [2.75, 3.05) is 6.61 Å². The van der Waals surface area contributed by atoms with Crippen molar-refractivity contribution < 1.29 is 10.2 Å². The second-order valence-corrected chi connectivity index (χ2v) is 3.87. The molecule has 1 rings (SSSR count). The first kappa shape index (κ1) is 11.8. The normalized spacial score (nSPS) is 12.9. The lowest BCUT2D eigenvalue weighted by atomic mass is 10.1. The van der Waals surface area contributed by atoms with E-state index >= 15 is 0 Å². The predicted octanol–water partition coefficient (Wildman–Crippen LogP) is 2.80. The molecule has 0 spiro atoms. The molecule has 2 N–H and O–H groups in total. The topological polar surface area (TPSA) is 40.5 Å². The molecule has 0 bridgehead atoms. The molecule has 0 amide bonds. The van der Waals surface area contributed by atoms with Crippen molar-refractivity contribution in [1.29, 1.82) is 0 Å². The highest BCUT2D eigenvalue weighted by Gasteiger charge is 2.08. The summed E-state index contributed by atoms with van der Waals surface area (Å²) < 4.78 is 0. The highest BCUT2D eigenvalue weighted by Crippen LogP contribution is 2.27. The van der Waals surface area contributed by atoms with Crippen molar-refractivity contribution in [2.24, 2.45) is 0 Å². The minimum Gasteiger partial charge on any atom is -0.396 e. The smallest absolute Gasteiger partial charge is 0.0791 e. The van der Waals surface area contributed by atoms with E-state index in [1.807, 2.05) is 0 Å². The van der Waals surface area contributed by atoms with E-state index in [4.69, 9.17) is 28.3 Å². The Morgan fingerprint density at radius 1 is 1.21 bits per heavy atom. The molecule has 1 atom stereocenters. The predicted molar refractivity (Wildman–Crippen MR) is 57.7 cm³/mol. The molecule has 0 aliphatic carbocycles. The Labute approximate surface area is 93.1 Å². The number of halogens is 2. The third-order valence-electron chi connectivity index (χ3n) is 1.96. The largest absolute Gasteiger partial charge is 0.396 e.